The first kappa shape index (κ1) is 16.4. The van der Waals surface area contributed by atoms with Gasteiger partial charge in [-0.15, -0.1) is 0 Å². The second-order valence-corrected chi connectivity index (χ2v) is 5.16. The number of nitrogens with zero attached hydrogens (tertiary/aromatic N) is 2. The Morgan fingerprint density at radius 3 is 2.68 bits per heavy atom. The van der Waals surface area contributed by atoms with Crippen LogP contribution >= 0.6 is 0 Å². The maximum atomic E-state index is 12.4. The fourth-order valence-electron chi connectivity index (χ4n) is 2.69. The van der Waals surface area contributed by atoms with Crippen LogP contribution in [0.5, 0.6) is 0 Å². The van der Waals surface area contributed by atoms with E-state index in [0.717, 1.165) is 45.4 Å². The molecule has 1 saturated heterocycles. The van der Waals surface area contributed by atoms with Crippen molar-refractivity contribution in [3.63, 3.8) is 0 Å². The molecule has 0 saturated carbocycles. The molecule has 1 heterocycles. The van der Waals surface area contributed by atoms with Gasteiger partial charge in [-0.2, -0.15) is 0 Å². The number of hydrogen-bond acceptors (Lipinski definition) is 4. The molecule has 0 aromatic carbocycles. The lowest BCUT2D eigenvalue weighted by Gasteiger charge is -2.32. The van der Waals surface area contributed by atoms with Gasteiger partial charge in [0.1, 0.15) is 0 Å². The number of carbonyl (C=O) groups excluding carboxylic acids is 1. The van der Waals surface area contributed by atoms with Crippen LogP contribution in [0.4, 0.5) is 0 Å². The van der Waals surface area contributed by atoms with Crippen molar-refractivity contribution in [1.82, 2.24) is 15.1 Å². The molecule has 2 N–H and O–H groups in total. The third-order valence-electron chi connectivity index (χ3n) is 3.84. The summed E-state index contributed by atoms with van der Waals surface area (Å²) >= 11 is 0. The fraction of sp³-hybridized carbons (Fsp3) is 0.929. The molecule has 1 aliphatic heterocycles. The zero-order valence-corrected chi connectivity index (χ0v) is 12.4. The number of aliphatic hydroxyl groups is 1. The van der Waals surface area contributed by atoms with Gasteiger partial charge in [-0.3, -0.25) is 9.69 Å². The van der Waals surface area contributed by atoms with Gasteiger partial charge >= 0.3 is 0 Å². The summed E-state index contributed by atoms with van der Waals surface area (Å²) in [6, 6.07) is 0.254. The van der Waals surface area contributed by atoms with Crippen molar-refractivity contribution in [2.75, 3.05) is 45.9 Å². The van der Waals surface area contributed by atoms with E-state index in [-0.39, 0.29) is 18.6 Å². The minimum atomic E-state index is 0.0454. The summed E-state index contributed by atoms with van der Waals surface area (Å²) < 4.78 is 0. The fourth-order valence-corrected chi connectivity index (χ4v) is 2.69. The number of amides is 1. The van der Waals surface area contributed by atoms with Crippen LogP contribution in [0.15, 0.2) is 0 Å². The van der Waals surface area contributed by atoms with E-state index in [0.29, 0.717) is 13.1 Å². The molecule has 0 radical (unpaired) electrons. The molecule has 1 amide bonds. The molecule has 112 valence electrons. The maximum absolute atomic E-state index is 12.4. The van der Waals surface area contributed by atoms with Gasteiger partial charge in [0.25, 0.3) is 0 Å². The van der Waals surface area contributed by atoms with Crippen molar-refractivity contribution in [3.8, 4) is 0 Å². The number of carbonyl (C=O) groups is 1. The highest BCUT2D eigenvalue weighted by molar-refractivity contribution is 5.78. The zero-order chi connectivity index (χ0) is 14.1. The van der Waals surface area contributed by atoms with Crippen LogP contribution in [-0.4, -0.2) is 72.7 Å². The second kappa shape index (κ2) is 9.28. The van der Waals surface area contributed by atoms with Crippen molar-refractivity contribution in [2.45, 2.75) is 39.2 Å². The molecule has 0 spiro atoms. The Labute approximate surface area is 117 Å². The van der Waals surface area contributed by atoms with E-state index in [9.17, 15) is 4.79 Å². The van der Waals surface area contributed by atoms with E-state index in [1.165, 1.54) is 0 Å². The van der Waals surface area contributed by atoms with Crippen molar-refractivity contribution >= 4 is 5.91 Å². The Morgan fingerprint density at radius 2 is 2.05 bits per heavy atom. The molecule has 0 atom stereocenters. The molecule has 0 unspecified atom stereocenters. The topological polar surface area (TPSA) is 55.8 Å². The zero-order valence-electron chi connectivity index (χ0n) is 12.4. The van der Waals surface area contributed by atoms with Crippen molar-refractivity contribution in [1.29, 1.82) is 0 Å². The lowest BCUT2D eigenvalue weighted by atomic mass is 10.1. The first-order valence-electron chi connectivity index (χ1n) is 7.56. The predicted octanol–water partition coefficient (Wildman–Crippen LogP) is 0.291. The number of nitrogens with one attached hydrogen (secondary N) is 1. The van der Waals surface area contributed by atoms with Gasteiger partial charge in [0.15, 0.2) is 0 Å². The second-order valence-electron chi connectivity index (χ2n) is 5.16. The van der Waals surface area contributed by atoms with Crippen LogP contribution in [-0.2, 0) is 4.79 Å². The Balaban J connectivity index is 2.54. The normalized spacial score (nSPS) is 17.5. The largest absolute Gasteiger partial charge is 0.395 e. The Morgan fingerprint density at radius 1 is 1.32 bits per heavy atom. The number of rotatable bonds is 7. The van der Waals surface area contributed by atoms with Crippen LogP contribution in [0.1, 0.15) is 33.1 Å². The summed E-state index contributed by atoms with van der Waals surface area (Å²) in [4.78, 5) is 16.5. The molecule has 5 nitrogen and oxygen atoms in total. The summed E-state index contributed by atoms with van der Waals surface area (Å²) in [6.45, 7) is 9.09. The molecule has 1 aliphatic rings. The summed E-state index contributed by atoms with van der Waals surface area (Å²) in [7, 11) is 0. The van der Waals surface area contributed by atoms with E-state index in [1.54, 1.807) is 0 Å². The average molecular weight is 271 g/mol. The average Bonchev–Trinajstić information content (AvgIpc) is 2.67. The molecule has 0 bridgehead atoms. The molecule has 1 fully saturated rings. The lowest BCUT2D eigenvalue weighted by Crippen LogP contribution is -2.47. The maximum Gasteiger partial charge on any atom is 0.237 e. The van der Waals surface area contributed by atoms with Gasteiger partial charge in [0.05, 0.1) is 13.2 Å². The van der Waals surface area contributed by atoms with Gasteiger partial charge in [0, 0.05) is 25.7 Å². The quantitative estimate of drug-likeness (QED) is 0.699. The van der Waals surface area contributed by atoms with E-state index in [2.05, 4.69) is 24.1 Å². The Bertz CT molecular complexity index is 249. The Kier molecular flexibility index (Phi) is 8.02. The third-order valence-corrected chi connectivity index (χ3v) is 3.84. The van der Waals surface area contributed by atoms with Crippen molar-refractivity contribution < 1.29 is 9.90 Å². The van der Waals surface area contributed by atoms with E-state index < -0.39 is 0 Å². The molecule has 0 aliphatic carbocycles. The summed E-state index contributed by atoms with van der Waals surface area (Å²) in [5, 5.41) is 12.5. The predicted molar refractivity (Wildman–Crippen MR) is 77.1 cm³/mol. The number of hydrogen-bond donors (Lipinski definition) is 2. The molecule has 1 rings (SSSR count). The van der Waals surface area contributed by atoms with Gasteiger partial charge in [-0.1, -0.05) is 13.8 Å². The molecule has 0 aromatic rings. The summed E-state index contributed by atoms with van der Waals surface area (Å²) in [5.74, 6) is 0.157. The van der Waals surface area contributed by atoms with Crippen molar-refractivity contribution in [2.24, 2.45) is 0 Å². The summed E-state index contributed by atoms with van der Waals surface area (Å²) in [6.07, 6.45) is 2.99. The molecular weight excluding hydrogens is 242 g/mol. The molecule has 5 heteroatoms. The molecule has 0 aromatic heterocycles. The standard InChI is InChI=1S/C14H29N3O2/c1-3-13(4-2)17(10-11-18)14(19)12-16-8-5-6-15-7-9-16/h13,15,18H,3-12H2,1-2H3. The Hall–Kier alpha value is -0.650. The SMILES string of the molecule is CCC(CC)N(CCO)C(=O)CN1CCCNCC1. The van der Waals surface area contributed by atoms with Crippen LogP contribution in [0.2, 0.25) is 0 Å². The van der Waals surface area contributed by atoms with Gasteiger partial charge in [0.2, 0.25) is 5.91 Å². The minimum absolute atomic E-state index is 0.0454. The smallest absolute Gasteiger partial charge is 0.237 e. The monoisotopic (exact) mass is 271 g/mol. The minimum Gasteiger partial charge on any atom is -0.395 e. The first-order valence-corrected chi connectivity index (χ1v) is 7.56. The van der Waals surface area contributed by atoms with Crippen LogP contribution in [0, 0.1) is 0 Å². The van der Waals surface area contributed by atoms with Gasteiger partial charge in [-0.05, 0) is 32.4 Å². The lowest BCUT2D eigenvalue weighted by molar-refractivity contribution is -0.135. The van der Waals surface area contributed by atoms with E-state index in [4.69, 9.17) is 5.11 Å². The highest BCUT2D eigenvalue weighted by Crippen LogP contribution is 2.09. The first-order chi connectivity index (χ1) is 9.22. The molecule has 19 heavy (non-hydrogen) atoms. The van der Waals surface area contributed by atoms with Gasteiger partial charge in [-0.25, -0.2) is 0 Å². The van der Waals surface area contributed by atoms with Crippen LogP contribution < -0.4 is 5.32 Å². The van der Waals surface area contributed by atoms with Crippen LogP contribution in [0.25, 0.3) is 0 Å². The number of aliphatic hydroxyl groups excluding tert-OH is 1. The van der Waals surface area contributed by atoms with Crippen LogP contribution in [0.3, 0.4) is 0 Å². The third kappa shape index (κ3) is 5.47. The highest BCUT2D eigenvalue weighted by Gasteiger charge is 2.22. The van der Waals surface area contributed by atoms with E-state index >= 15 is 0 Å². The highest BCUT2D eigenvalue weighted by atomic mass is 16.3. The van der Waals surface area contributed by atoms with E-state index in [1.807, 2.05) is 4.90 Å². The summed E-state index contributed by atoms with van der Waals surface area (Å²) in [5.41, 5.74) is 0. The van der Waals surface area contributed by atoms with Crippen molar-refractivity contribution in [3.05, 3.63) is 0 Å². The van der Waals surface area contributed by atoms with Gasteiger partial charge < -0.3 is 15.3 Å². The molecular formula is C14H29N3O2.